The van der Waals surface area contributed by atoms with Crippen LogP contribution in [0.5, 0.6) is 0 Å². The summed E-state index contributed by atoms with van der Waals surface area (Å²) in [5.41, 5.74) is -0.0191. The van der Waals surface area contributed by atoms with E-state index in [-0.39, 0.29) is 17.6 Å². The van der Waals surface area contributed by atoms with Crippen molar-refractivity contribution in [3.8, 4) is 0 Å². The third-order valence-electron chi connectivity index (χ3n) is 2.41. The standard InChI is InChI=1S/C7H14O2/c1-7(2)5(8)4-6(7)9-3/h5-6,8H,4H2,1-3H3/t5-,6-/m1/s1. The number of ether oxygens (including phenoxy) is 1. The van der Waals surface area contributed by atoms with Gasteiger partial charge in [-0.05, 0) is 0 Å². The van der Waals surface area contributed by atoms with Crippen molar-refractivity contribution in [3.63, 3.8) is 0 Å². The lowest BCUT2D eigenvalue weighted by Crippen LogP contribution is -2.53. The molecule has 0 aliphatic heterocycles. The molecule has 0 radical (unpaired) electrons. The molecule has 9 heavy (non-hydrogen) atoms. The van der Waals surface area contributed by atoms with Crippen molar-refractivity contribution in [2.75, 3.05) is 7.11 Å². The summed E-state index contributed by atoms with van der Waals surface area (Å²) < 4.78 is 5.11. The van der Waals surface area contributed by atoms with Crippen LogP contribution in [-0.2, 0) is 4.74 Å². The van der Waals surface area contributed by atoms with E-state index in [9.17, 15) is 5.11 Å². The highest BCUT2D eigenvalue weighted by atomic mass is 16.5. The lowest BCUT2D eigenvalue weighted by molar-refractivity contribution is -0.162. The average molecular weight is 130 g/mol. The predicted molar refractivity (Wildman–Crippen MR) is 35.2 cm³/mol. The van der Waals surface area contributed by atoms with Crippen molar-refractivity contribution in [3.05, 3.63) is 0 Å². The van der Waals surface area contributed by atoms with Crippen molar-refractivity contribution < 1.29 is 9.84 Å². The van der Waals surface area contributed by atoms with Gasteiger partial charge in [0.2, 0.25) is 0 Å². The molecule has 0 amide bonds. The van der Waals surface area contributed by atoms with E-state index in [0.717, 1.165) is 6.42 Å². The van der Waals surface area contributed by atoms with Gasteiger partial charge in [0.25, 0.3) is 0 Å². The first-order chi connectivity index (χ1) is 4.09. The number of methoxy groups -OCH3 is 1. The highest BCUT2D eigenvalue weighted by Crippen LogP contribution is 2.41. The minimum atomic E-state index is -0.164. The molecular weight excluding hydrogens is 116 g/mol. The lowest BCUT2D eigenvalue weighted by Gasteiger charge is -2.48. The van der Waals surface area contributed by atoms with E-state index in [1.54, 1.807) is 7.11 Å². The Labute approximate surface area is 55.8 Å². The van der Waals surface area contributed by atoms with Gasteiger partial charge in [0.1, 0.15) is 0 Å². The molecule has 2 heteroatoms. The van der Waals surface area contributed by atoms with Gasteiger partial charge in [-0.25, -0.2) is 0 Å². The van der Waals surface area contributed by atoms with Crippen LogP contribution in [0.4, 0.5) is 0 Å². The summed E-state index contributed by atoms with van der Waals surface area (Å²) in [6.07, 6.45) is 0.888. The maximum Gasteiger partial charge on any atom is 0.0671 e. The van der Waals surface area contributed by atoms with Gasteiger partial charge in [0.15, 0.2) is 0 Å². The molecule has 0 bridgehead atoms. The zero-order valence-electron chi connectivity index (χ0n) is 6.22. The van der Waals surface area contributed by atoms with Crippen LogP contribution in [0, 0.1) is 5.41 Å². The van der Waals surface area contributed by atoms with Crippen molar-refractivity contribution in [2.45, 2.75) is 32.5 Å². The van der Waals surface area contributed by atoms with Gasteiger partial charge in [0.05, 0.1) is 12.2 Å². The van der Waals surface area contributed by atoms with Crippen LogP contribution < -0.4 is 0 Å². The molecule has 1 fully saturated rings. The van der Waals surface area contributed by atoms with Crippen molar-refractivity contribution in [1.82, 2.24) is 0 Å². The molecule has 0 aromatic rings. The number of aliphatic hydroxyl groups excluding tert-OH is 1. The minimum Gasteiger partial charge on any atom is -0.392 e. The van der Waals surface area contributed by atoms with E-state index >= 15 is 0 Å². The summed E-state index contributed by atoms with van der Waals surface area (Å²) in [5.74, 6) is 0. The van der Waals surface area contributed by atoms with E-state index < -0.39 is 0 Å². The Balaban J connectivity index is 2.48. The zero-order chi connectivity index (χ0) is 7.07. The highest BCUT2D eigenvalue weighted by Gasteiger charge is 2.47. The van der Waals surface area contributed by atoms with Crippen LogP contribution >= 0.6 is 0 Å². The molecule has 0 aromatic heterocycles. The first-order valence-corrected chi connectivity index (χ1v) is 3.30. The summed E-state index contributed by atoms with van der Waals surface area (Å²) in [7, 11) is 1.69. The summed E-state index contributed by atoms with van der Waals surface area (Å²) in [4.78, 5) is 0. The van der Waals surface area contributed by atoms with Gasteiger partial charge in [-0.15, -0.1) is 0 Å². The van der Waals surface area contributed by atoms with Crippen LogP contribution in [0.3, 0.4) is 0 Å². The van der Waals surface area contributed by atoms with E-state index in [0.29, 0.717) is 0 Å². The fraction of sp³-hybridized carbons (Fsp3) is 1.00. The second kappa shape index (κ2) is 1.96. The maximum absolute atomic E-state index is 9.20. The normalized spacial score (nSPS) is 40.0. The molecular formula is C7H14O2. The summed E-state index contributed by atoms with van der Waals surface area (Å²) in [6, 6.07) is 0. The minimum absolute atomic E-state index is 0.0191. The molecule has 1 saturated carbocycles. The Morgan fingerprint density at radius 1 is 1.56 bits per heavy atom. The number of aliphatic hydroxyl groups is 1. The van der Waals surface area contributed by atoms with Crippen molar-refractivity contribution >= 4 is 0 Å². The first kappa shape index (κ1) is 7.03. The Bertz CT molecular complexity index is 109. The zero-order valence-corrected chi connectivity index (χ0v) is 6.22. The molecule has 1 aliphatic carbocycles. The number of rotatable bonds is 1. The molecule has 1 N–H and O–H groups in total. The third kappa shape index (κ3) is 0.864. The second-order valence-electron chi connectivity index (χ2n) is 3.30. The second-order valence-corrected chi connectivity index (χ2v) is 3.30. The van der Waals surface area contributed by atoms with E-state index in [4.69, 9.17) is 4.74 Å². The van der Waals surface area contributed by atoms with Crippen LogP contribution in [0.1, 0.15) is 20.3 Å². The molecule has 0 saturated heterocycles. The van der Waals surface area contributed by atoms with Crippen LogP contribution in [0.2, 0.25) is 0 Å². The fourth-order valence-corrected chi connectivity index (χ4v) is 1.26. The monoisotopic (exact) mass is 130 g/mol. The van der Waals surface area contributed by atoms with Gasteiger partial charge in [-0.2, -0.15) is 0 Å². The summed E-state index contributed by atoms with van der Waals surface area (Å²) >= 11 is 0. The average Bonchev–Trinajstić information content (AvgIpc) is 1.82. The molecule has 1 aliphatic rings. The Morgan fingerprint density at radius 2 is 2.11 bits per heavy atom. The van der Waals surface area contributed by atoms with Crippen molar-refractivity contribution in [2.24, 2.45) is 5.41 Å². The largest absolute Gasteiger partial charge is 0.392 e. The molecule has 2 atom stereocenters. The summed E-state index contributed by atoms with van der Waals surface area (Å²) in [6.45, 7) is 4.05. The van der Waals surface area contributed by atoms with Gasteiger partial charge in [-0.3, -0.25) is 0 Å². The highest BCUT2D eigenvalue weighted by molar-refractivity contribution is 4.97. The number of hydrogen-bond donors (Lipinski definition) is 1. The van der Waals surface area contributed by atoms with E-state index in [2.05, 4.69) is 0 Å². The fourth-order valence-electron chi connectivity index (χ4n) is 1.26. The predicted octanol–water partition coefficient (Wildman–Crippen LogP) is 0.792. The van der Waals surface area contributed by atoms with Crippen molar-refractivity contribution in [1.29, 1.82) is 0 Å². The van der Waals surface area contributed by atoms with Gasteiger partial charge >= 0.3 is 0 Å². The Hall–Kier alpha value is -0.0800. The lowest BCUT2D eigenvalue weighted by atomic mass is 9.66. The van der Waals surface area contributed by atoms with Crippen LogP contribution in [0.15, 0.2) is 0 Å². The van der Waals surface area contributed by atoms with Gasteiger partial charge in [0, 0.05) is 18.9 Å². The quantitative estimate of drug-likeness (QED) is 0.568. The van der Waals surface area contributed by atoms with Crippen LogP contribution in [0.25, 0.3) is 0 Å². The molecule has 2 nitrogen and oxygen atoms in total. The molecule has 0 aromatic carbocycles. The molecule has 0 unspecified atom stereocenters. The topological polar surface area (TPSA) is 29.5 Å². The Morgan fingerprint density at radius 3 is 2.22 bits per heavy atom. The smallest absolute Gasteiger partial charge is 0.0671 e. The molecule has 0 spiro atoms. The van der Waals surface area contributed by atoms with Gasteiger partial charge in [-0.1, -0.05) is 13.8 Å². The van der Waals surface area contributed by atoms with Gasteiger partial charge < -0.3 is 9.84 Å². The van der Waals surface area contributed by atoms with Crippen LogP contribution in [-0.4, -0.2) is 24.4 Å². The summed E-state index contributed by atoms with van der Waals surface area (Å²) in [5, 5.41) is 9.20. The Kier molecular flexibility index (Phi) is 1.53. The molecule has 54 valence electrons. The third-order valence-corrected chi connectivity index (χ3v) is 2.41. The van der Waals surface area contributed by atoms with E-state index in [1.165, 1.54) is 0 Å². The SMILES string of the molecule is CO[C@@H]1C[C@@H](O)C1(C)C. The molecule has 0 heterocycles. The van der Waals surface area contributed by atoms with E-state index in [1.807, 2.05) is 13.8 Å². The molecule has 1 rings (SSSR count). The first-order valence-electron chi connectivity index (χ1n) is 3.30. The number of hydrogen-bond acceptors (Lipinski definition) is 2. The maximum atomic E-state index is 9.20.